The Kier molecular flexibility index (Phi) is 8.14. The number of phenolic OH excluding ortho intramolecular Hbond substituents is 1. The monoisotopic (exact) mass is 404 g/mol. The van der Waals surface area contributed by atoms with E-state index >= 15 is 0 Å². The molecule has 0 radical (unpaired) electrons. The lowest BCUT2D eigenvalue weighted by atomic mass is 10.1. The third kappa shape index (κ3) is 6.16. The molecule has 0 atom stereocenters. The van der Waals surface area contributed by atoms with Gasteiger partial charge in [0, 0.05) is 25.2 Å². The maximum Gasteiger partial charge on any atom is 0.260 e. The highest BCUT2D eigenvalue weighted by Crippen LogP contribution is 2.28. The summed E-state index contributed by atoms with van der Waals surface area (Å²) in [6, 6.07) is 11.8. The molecule has 0 bridgehead atoms. The third-order valence-corrected chi connectivity index (χ3v) is 4.59. The van der Waals surface area contributed by atoms with E-state index in [9.17, 15) is 14.7 Å². The van der Waals surface area contributed by atoms with Crippen LogP contribution in [0.1, 0.15) is 25.8 Å². The van der Waals surface area contributed by atoms with Crippen LogP contribution in [0.25, 0.3) is 0 Å². The van der Waals surface area contributed by atoms with Crippen molar-refractivity contribution >= 4 is 29.1 Å². The molecular formula is C21H25ClN2O4. The maximum absolute atomic E-state index is 12.1. The second-order valence-corrected chi connectivity index (χ2v) is 6.58. The molecule has 2 aromatic rings. The molecule has 0 aromatic heterocycles. The number of nitrogens with zero attached hydrogens (tertiary/aromatic N) is 1. The Morgan fingerprint density at radius 2 is 1.86 bits per heavy atom. The zero-order valence-electron chi connectivity index (χ0n) is 16.1. The van der Waals surface area contributed by atoms with E-state index in [0.29, 0.717) is 36.0 Å². The van der Waals surface area contributed by atoms with Crippen LogP contribution in [0.2, 0.25) is 5.02 Å². The van der Waals surface area contributed by atoms with E-state index in [0.717, 1.165) is 5.56 Å². The zero-order chi connectivity index (χ0) is 20.5. The Hall–Kier alpha value is -2.73. The summed E-state index contributed by atoms with van der Waals surface area (Å²) in [6.07, 6.45) is 0.659. The molecule has 0 saturated carbocycles. The topological polar surface area (TPSA) is 78.9 Å². The fraction of sp³-hybridized carbons (Fsp3) is 0.333. The number of rotatable bonds is 9. The van der Waals surface area contributed by atoms with Gasteiger partial charge in [-0.1, -0.05) is 29.8 Å². The van der Waals surface area contributed by atoms with Gasteiger partial charge < -0.3 is 20.1 Å². The number of hydrogen-bond acceptors (Lipinski definition) is 4. The van der Waals surface area contributed by atoms with E-state index in [1.54, 1.807) is 41.3 Å². The summed E-state index contributed by atoms with van der Waals surface area (Å²) in [6.45, 7) is 4.97. The second kappa shape index (κ2) is 10.6. The number of aryl methyl sites for hydroxylation is 1. The number of carbonyl (C=O) groups is 2. The largest absolute Gasteiger partial charge is 0.508 e. The van der Waals surface area contributed by atoms with Crippen molar-refractivity contribution in [3.8, 4) is 11.5 Å². The van der Waals surface area contributed by atoms with Crippen molar-refractivity contribution in [2.45, 2.75) is 26.7 Å². The molecule has 6 nitrogen and oxygen atoms in total. The average Bonchev–Trinajstić information content (AvgIpc) is 2.67. The zero-order valence-corrected chi connectivity index (χ0v) is 16.8. The van der Waals surface area contributed by atoms with E-state index in [4.69, 9.17) is 16.3 Å². The fourth-order valence-electron chi connectivity index (χ4n) is 2.70. The molecule has 0 aliphatic rings. The Morgan fingerprint density at radius 1 is 1.14 bits per heavy atom. The molecule has 7 heteroatoms. The lowest BCUT2D eigenvalue weighted by Gasteiger charge is -2.19. The summed E-state index contributed by atoms with van der Waals surface area (Å²) in [4.78, 5) is 25.8. The normalized spacial score (nSPS) is 10.4. The predicted molar refractivity (Wildman–Crippen MR) is 110 cm³/mol. The van der Waals surface area contributed by atoms with E-state index in [1.165, 1.54) is 0 Å². The van der Waals surface area contributed by atoms with Crippen molar-refractivity contribution in [2.75, 3.05) is 25.0 Å². The molecule has 0 aliphatic heterocycles. The smallest absolute Gasteiger partial charge is 0.260 e. The number of benzene rings is 2. The van der Waals surface area contributed by atoms with Crippen LogP contribution in [0.3, 0.4) is 0 Å². The Bertz CT molecular complexity index is 822. The number of phenols is 1. The van der Waals surface area contributed by atoms with Crippen LogP contribution in [-0.4, -0.2) is 41.5 Å². The standard InChI is InChI=1S/C21H25ClN2O4/c1-3-24(4-2)21(27)14-28-19-11-10-16(13-17(19)22)23-20(26)12-9-15-7-5-6-8-18(15)25/h5-8,10-11,13,25H,3-4,9,12,14H2,1-2H3,(H,23,26). The number of likely N-dealkylation sites (N-methyl/N-ethyl adjacent to an activating group) is 1. The highest BCUT2D eigenvalue weighted by atomic mass is 35.5. The van der Waals surface area contributed by atoms with Crippen LogP contribution in [0.4, 0.5) is 5.69 Å². The van der Waals surface area contributed by atoms with Crippen LogP contribution < -0.4 is 10.1 Å². The lowest BCUT2D eigenvalue weighted by Crippen LogP contribution is -2.34. The summed E-state index contributed by atoms with van der Waals surface area (Å²) in [5.74, 6) is 0.265. The van der Waals surface area contributed by atoms with Crippen molar-refractivity contribution < 1.29 is 19.4 Å². The van der Waals surface area contributed by atoms with Gasteiger partial charge in [0.25, 0.3) is 5.91 Å². The van der Waals surface area contributed by atoms with Gasteiger partial charge in [-0.3, -0.25) is 9.59 Å². The third-order valence-electron chi connectivity index (χ3n) is 4.30. The van der Waals surface area contributed by atoms with E-state index in [2.05, 4.69) is 5.32 Å². The Morgan fingerprint density at radius 3 is 2.50 bits per heavy atom. The molecule has 150 valence electrons. The van der Waals surface area contributed by atoms with Crippen LogP contribution in [0.5, 0.6) is 11.5 Å². The molecule has 2 rings (SSSR count). The number of nitrogens with one attached hydrogen (secondary N) is 1. The highest BCUT2D eigenvalue weighted by molar-refractivity contribution is 6.32. The number of anilines is 1. The van der Waals surface area contributed by atoms with Crippen LogP contribution >= 0.6 is 11.6 Å². The van der Waals surface area contributed by atoms with Crippen molar-refractivity contribution in [3.63, 3.8) is 0 Å². The highest BCUT2D eigenvalue weighted by Gasteiger charge is 2.12. The van der Waals surface area contributed by atoms with Gasteiger partial charge in [0.1, 0.15) is 11.5 Å². The summed E-state index contributed by atoms with van der Waals surface area (Å²) in [5.41, 5.74) is 1.26. The van der Waals surface area contributed by atoms with Gasteiger partial charge in [0.2, 0.25) is 5.91 Å². The molecular weight excluding hydrogens is 380 g/mol. The minimum Gasteiger partial charge on any atom is -0.508 e. The fourth-order valence-corrected chi connectivity index (χ4v) is 2.93. The first-order chi connectivity index (χ1) is 13.4. The molecule has 0 unspecified atom stereocenters. The first-order valence-electron chi connectivity index (χ1n) is 9.21. The molecule has 0 saturated heterocycles. The van der Waals surface area contributed by atoms with Crippen molar-refractivity contribution in [2.24, 2.45) is 0 Å². The van der Waals surface area contributed by atoms with Crippen molar-refractivity contribution in [3.05, 3.63) is 53.1 Å². The van der Waals surface area contributed by atoms with E-state index in [-0.39, 0.29) is 30.6 Å². The maximum atomic E-state index is 12.1. The quantitative estimate of drug-likeness (QED) is 0.665. The van der Waals surface area contributed by atoms with Gasteiger partial charge in [-0.15, -0.1) is 0 Å². The van der Waals surface area contributed by atoms with E-state index in [1.807, 2.05) is 19.9 Å². The minimum absolute atomic E-state index is 0.0896. The number of ether oxygens (including phenoxy) is 1. The van der Waals surface area contributed by atoms with Crippen molar-refractivity contribution in [1.82, 2.24) is 4.90 Å². The van der Waals surface area contributed by atoms with Gasteiger partial charge in [-0.05, 0) is 50.1 Å². The molecule has 28 heavy (non-hydrogen) atoms. The Labute approximate surface area is 170 Å². The molecule has 0 fully saturated rings. The number of amides is 2. The summed E-state index contributed by atoms with van der Waals surface area (Å²) < 4.78 is 5.50. The number of aromatic hydroxyl groups is 1. The van der Waals surface area contributed by atoms with Crippen molar-refractivity contribution in [1.29, 1.82) is 0 Å². The van der Waals surface area contributed by atoms with Crippen LogP contribution in [0, 0.1) is 0 Å². The molecule has 2 aromatic carbocycles. The number of halogens is 1. The first kappa shape index (κ1) is 21.6. The van der Waals surface area contributed by atoms with Gasteiger partial charge >= 0.3 is 0 Å². The van der Waals surface area contributed by atoms with Crippen LogP contribution in [0.15, 0.2) is 42.5 Å². The molecule has 0 heterocycles. The van der Waals surface area contributed by atoms with Gasteiger partial charge in [0.05, 0.1) is 5.02 Å². The molecule has 0 aliphatic carbocycles. The predicted octanol–water partition coefficient (Wildman–Crippen LogP) is 3.86. The molecule has 2 amide bonds. The van der Waals surface area contributed by atoms with Gasteiger partial charge in [-0.25, -0.2) is 0 Å². The summed E-state index contributed by atoms with van der Waals surface area (Å²) >= 11 is 6.20. The number of carbonyl (C=O) groups excluding carboxylic acids is 2. The molecule has 2 N–H and O–H groups in total. The van der Waals surface area contributed by atoms with Gasteiger partial charge in [0.15, 0.2) is 6.61 Å². The first-order valence-corrected chi connectivity index (χ1v) is 9.59. The number of para-hydroxylation sites is 1. The van der Waals surface area contributed by atoms with E-state index < -0.39 is 0 Å². The Balaban J connectivity index is 1.88. The second-order valence-electron chi connectivity index (χ2n) is 6.18. The summed E-state index contributed by atoms with van der Waals surface area (Å²) in [7, 11) is 0. The summed E-state index contributed by atoms with van der Waals surface area (Å²) in [5, 5.41) is 12.8. The SMILES string of the molecule is CCN(CC)C(=O)COc1ccc(NC(=O)CCc2ccccc2O)cc1Cl. The minimum atomic E-state index is -0.190. The number of hydrogen-bond donors (Lipinski definition) is 2. The average molecular weight is 405 g/mol. The lowest BCUT2D eigenvalue weighted by molar-refractivity contribution is -0.133. The molecule has 0 spiro atoms. The van der Waals surface area contributed by atoms with Crippen LogP contribution in [-0.2, 0) is 16.0 Å². The van der Waals surface area contributed by atoms with Gasteiger partial charge in [-0.2, -0.15) is 0 Å².